The molecule has 12 heavy (non-hydrogen) atoms. The van der Waals surface area contributed by atoms with Crippen molar-refractivity contribution in [1.82, 2.24) is 0 Å². The Hall–Kier alpha value is -0.210. The van der Waals surface area contributed by atoms with Crippen molar-refractivity contribution in [2.45, 2.75) is 39.8 Å². The molecule has 72 valence electrons. The van der Waals surface area contributed by atoms with Gasteiger partial charge in [0.2, 0.25) is 0 Å². The Morgan fingerprint density at radius 2 is 1.92 bits per heavy atom. The van der Waals surface area contributed by atoms with Crippen molar-refractivity contribution in [3.8, 4) is 0 Å². The maximum atomic E-state index is 12.3. The largest absolute Gasteiger partial charge is 0.392 e. The predicted octanol–water partition coefficient (Wildman–Crippen LogP) is 3.62. The van der Waals surface area contributed by atoms with Crippen LogP contribution in [0, 0.1) is 17.3 Å². The van der Waals surface area contributed by atoms with Crippen LogP contribution in [0.3, 0.4) is 0 Å². The molecule has 0 amide bonds. The van der Waals surface area contributed by atoms with Gasteiger partial charge in [-0.15, -0.1) is 0 Å². The predicted molar refractivity (Wildman–Crippen MR) is 41.7 cm³/mol. The Labute approximate surface area is 71.1 Å². The summed E-state index contributed by atoms with van der Waals surface area (Å²) in [6.45, 7) is 5.62. The average Bonchev–Trinajstić information content (AvgIpc) is 2.60. The molecule has 1 fully saturated rings. The van der Waals surface area contributed by atoms with Crippen LogP contribution in [0.1, 0.15) is 33.6 Å². The zero-order valence-electron chi connectivity index (χ0n) is 7.70. The highest BCUT2D eigenvalue weighted by molar-refractivity contribution is 5.06. The number of alkyl halides is 3. The summed E-state index contributed by atoms with van der Waals surface area (Å²) >= 11 is 0. The lowest BCUT2D eigenvalue weighted by molar-refractivity contribution is -0.158. The summed E-state index contributed by atoms with van der Waals surface area (Å²) < 4.78 is 36.8. The van der Waals surface area contributed by atoms with Gasteiger partial charge in [0.05, 0.1) is 5.92 Å². The molecule has 1 aliphatic rings. The highest BCUT2D eigenvalue weighted by Gasteiger charge is 2.66. The highest BCUT2D eigenvalue weighted by Crippen LogP contribution is 2.65. The van der Waals surface area contributed by atoms with E-state index in [1.807, 2.05) is 20.8 Å². The first kappa shape index (κ1) is 9.87. The number of rotatable bonds is 2. The minimum Gasteiger partial charge on any atom is -0.171 e. The quantitative estimate of drug-likeness (QED) is 0.608. The first-order valence-electron chi connectivity index (χ1n) is 4.41. The Kier molecular flexibility index (Phi) is 2.17. The number of halogens is 3. The normalized spacial score (nSPS) is 35.8. The second-order valence-corrected chi connectivity index (χ2v) is 4.04. The summed E-state index contributed by atoms with van der Waals surface area (Å²) in [5, 5.41) is 0. The van der Waals surface area contributed by atoms with E-state index in [1.165, 1.54) is 0 Å². The topological polar surface area (TPSA) is 0 Å². The van der Waals surface area contributed by atoms with Crippen molar-refractivity contribution in [2.75, 3.05) is 0 Å². The molecule has 0 heterocycles. The second-order valence-electron chi connectivity index (χ2n) is 4.04. The third kappa shape index (κ3) is 1.34. The van der Waals surface area contributed by atoms with Crippen molar-refractivity contribution in [3.63, 3.8) is 0 Å². The maximum Gasteiger partial charge on any atom is 0.392 e. The van der Waals surface area contributed by atoms with Gasteiger partial charge in [0.1, 0.15) is 0 Å². The summed E-state index contributed by atoms with van der Waals surface area (Å²) in [5.41, 5.74) is -0.432. The van der Waals surface area contributed by atoms with Crippen molar-refractivity contribution in [3.05, 3.63) is 0 Å². The molecular formula is C9H15F3. The monoisotopic (exact) mass is 180 g/mol. The molecule has 0 aromatic carbocycles. The average molecular weight is 180 g/mol. The molecule has 0 radical (unpaired) electrons. The number of hydrogen-bond donors (Lipinski definition) is 0. The molecule has 1 saturated carbocycles. The van der Waals surface area contributed by atoms with E-state index in [2.05, 4.69) is 0 Å². The first-order chi connectivity index (χ1) is 5.34. The molecular weight excluding hydrogens is 165 g/mol. The van der Waals surface area contributed by atoms with Gasteiger partial charge in [-0.3, -0.25) is 0 Å². The van der Waals surface area contributed by atoms with E-state index in [-0.39, 0.29) is 5.92 Å². The van der Waals surface area contributed by atoms with Crippen LogP contribution < -0.4 is 0 Å². The van der Waals surface area contributed by atoms with Crippen LogP contribution in [0.15, 0.2) is 0 Å². The van der Waals surface area contributed by atoms with Gasteiger partial charge < -0.3 is 0 Å². The second kappa shape index (κ2) is 2.64. The van der Waals surface area contributed by atoms with E-state index in [1.54, 1.807) is 0 Å². The lowest BCUT2D eigenvalue weighted by Gasteiger charge is -2.20. The summed E-state index contributed by atoms with van der Waals surface area (Å²) in [6.07, 6.45) is -2.99. The lowest BCUT2D eigenvalue weighted by atomic mass is 9.87. The van der Waals surface area contributed by atoms with Crippen LogP contribution in [0.25, 0.3) is 0 Å². The fraction of sp³-hybridized carbons (Fsp3) is 1.00. The summed E-state index contributed by atoms with van der Waals surface area (Å²) in [6, 6.07) is 0. The maximum absolute atomic E-state index is 12.3. The molecule has 2 unspecified atom stereocenters. The minimum atomic E-state index is -3.97. The molecule has 0 bridgehead atoms. The standard InChI is InChI=1S/C9H15F3/c1-4-8(6(2)3)5-7(8)9(10,11)12/h6-7H,4-5H2,1-3H3. The Balaban J connectivity index is 2.68. The molecule has 2 atom stereocenters. The van der Waals surface area contributed by atoms with Crippen molar-refractivity contribution >= 4 is 0 Å². The fourth-order valence-electron chi connectivity index (χ4n) is 2.20. The van der Waals surface area contributed by atoms with Crippen LogP contribution in [-0.2, 0) is 0 Å². The van der Waals surface area contributed by atoms with Gasteiger partial charge in [-0.05, 0) is 24.2 Å². The van der Waals surface area contributed by atoms with Crippen LogP contribution in [-0.4, -0.2) is 6.18 Å². The SMILES string of the molecule is CCC1(C(C)C)CC1C(F)(F)F. The van der Waals surface area contributed by atoms with E-state index in [0.717, 1.165) is 0 Å². The van der Waals surface area contributed by atoms with Crippen LogP contribution in [0.5, 0.6) is 0 Å². The molecule has 0 aliphatic heterocycles. The molecule has 1 aliphatic carbocycles. The van der Waals surface area contributed by atoms with E-state index >= 15 is 0 Å². The van der Waals surface area contributed by atoms with Crippen LogP contribution >= 0.6 is 0 Å². The lowest BCUT2D eigenvalue weighted by Crippen LogP contribution is -2.21. The van der Waals surface area contributed by atoms with Crippen LogP contribution in [0.2, 0.25) is 0 Å². The van der Waals surface area contributed by atoms with E-state index in [9.17, 15) is 13.2 Å². The van der Waals surface area contributed by atoms with Crippen molar-refractivity contribution in [2.24, 2.45) is 17.3 Å². The summed E-state index contributed by atoms with van der Waals surface area (Å²) in [5.74, 6) is -0.885. The molecule has 0 aromatic rings. The Morgan fingerprint density at radius 1 is 1.42 bits per heavy atom. The third-order valence-corrected chi connectivity index (χ3v) is 3.32. The molecule has 1 rings (SSSR count). The fourth-order valence-corrected chi connectivity index (χ4v) is 2.20. The number of hydrogen-bond acceptors (Lipinski definition) is 0. The molecule has 0 spiro atoms. The van der Waals surface area contributed by atoms with Crippen LogP contribution in [0.4, 0.5) is 13.2 Å². The Bertz CT molecular complexity index is 171. The zero-order chi connectivity index (χ0) is 9.57. The summed E-state index contributed by atoms with van der Waals surface area (Å²) in [7, 11) is 0. The van der Waals surface area contributed by atoms with Gasteiger partial charge in [-0.25, -0.2) is 0 Å². The molecule has 0 nitrogen and oxygen atoms in total. The Morgan fingerprint density at radius 3 is 2.00 bits per heavy atom. The summed E-state index contributed by atoms with van der Waals surface area (Å²) in [4.78, 5) is 0. The minimum absolute atomic E-state index is 0.147. The van der Waals surface area contributed by atoms with Gasteiger partial charge in [-0.1, -0.05) is 20.8 Å². The van der Waals surface area contributed by atoms with E-state index < -0.39 is 17.5 Å². The first-order valence-corrected chi connectivity index (χ1v) is 4.41. The van der Waals surface area contributed by atoms with E-state index in [4.69, 9.17) is 0 Å². The smallest absolute Gasteiger partial charge is 0.171 e. The van der Waals surface area contributed by atoms with E-state index in [0.29, 0.717) is 12.8 Å². The van der Waals surface area contributed by atoms with Gasteiger partial charge in [0.25, 0.3) is 0 Å². The molecule has 0 N–H and O–H groups in total. The molecule has 3 heteroatoms. The highest BCUT2D eigenvalue weighted by atomic mass is 19.4. The van der Waals surface area contributed by atoms with Crippen molar-refractivity contribution < 1.29 is 13.2 Å². The van der Waals surface area contributed by atoms with Gasteiger partial charge in [-0.2, -0.15) is 13.2 Å². The zero-order valence-corrected chi connectivity index (χ0v) is 7.70. The van der Waals surface area contributed by atoms with Gasteiger partial charge >= 0.3 is 6.18 Å². The van der Waals surface area contributed by atoms with Gasteiger partial charge in [0, 0.05) is 0 Å². The molecule has 0 aromatic heterocycles. The third-order valence-electron chi connectivity index (χ3n) is 3.32. The molecule has 0 saturated heterocycles. The van der Waals surface area contributed by atoms with Gasteiger partial charge in [0.15, 0.2) is 0 Å². The van der Waals surface area contributed by atoms with Crippen molar-refractivity contribution in [1.29, 1.82) is 0 Å².